The third kappa shape index (κ3) is 2.45. The van der Waals surface area contributed by atoms with Gasteiger partial charge < -0.3 is 15.8 Å². The van der Waals surface area contributed by atoms with Gasteiger partial charge in [-0.15, -0.1) is 0 Å². The predicted molar refractivity (Wildman–Crippen MR) is 68.4 cm³/mol. The first-order chi connectivity index (χ1) is 8.65. The van der Waals surface area contributed by atoms with Crippen LogP contribution in [0, 0.1) is 0 Å². The van der Waals surface area contributed by atoms with Crippen molar-refractivity contribution in [2.75, 3.05) is 7.05 Å². The van der Waals surface area contributed by atoms with Gasteiger partial charge in [-0.3, -0.25) is 4.79 Å². The van der Waals surface area contributed by atoms with Gasteiger partial charge in [-0.1, -0.05) is 35.5 Å². The van der Waals surface area contributed by atoms with E-state index >= 15 is 0 Å². The summed E-state index contributed by atoms with van der Waals surface area (Å²) >= 11 is 0. The Kier molecular flexibility index (Phi) is 3.50. The quantitative estimate of drug-likeness (QED) is 0.362. The molecule has 0 bridgehead atoms. The topological polar surface area (TPSA) is 78.9 Å². The summed E-state index contributed by atoms with van der Waals surface area (Å²) in [5.74, 6) is -0.903. The van der Waals surface area contributed by atoms with E-state index < -0.39 is 5.92 Å². The zero-order valence-electron chi connectivity index (χ0n) is 10.3. The highest BCUT2D eigenvalue weighted by Crippen LogP contribution is 2.29. The Morgan fingerprint density at radius 2 is 2.06 bits per heavy atom. The molecule has 0 radical (unpaired) electrons. The summed E-state index contributed by atoms with van der Waals surface area (Å²) in [6.45, 7) is 0. The number of hydrogen-bond acceptors (Lipinski definition) is 3. The van der Waals surface area contributed by atoms with E-state index in [0.29, 0.717) is 6.04 Å². The molecule has 0 aromatic heterocycles. The van der Waals surface area contributed by atoms with Crippen molar-refractivity contribution in [2.45, 2.75) is 24.8 Å². The molecule has 5 heteroatoms. The number of likely N-dealkylation sites (N-methyl/N-ethyl adjacent to an activating group) is 1. The van der Waals surface area contributed by atoms with Crippen LogP contribution in [0.3, 0.4) is 0 Å². The van der Waals surface area contributed by atoms with Crippen LogP contribution in [0.1, 0.15) is 24.3 Å². The number of rotatable bonds is 4. The van der Waals surface area contributed by atoms with Gasteiger partial charge in [-0.25, -0.2) is 0 Å². The second kappa shape index (κ2) is 5.08. The number of benzene rings is 1. The normalized spacial score (nSPS) is 17.3. The summed E-state index contributed by atoms with van der Waals surface area (Å²) in [6.07, 6.45) is 2.06. The minimum absolute atomic E-state index is 0.0706. The van der Waals surface area contributed by atoms with Gasteiger partial charge in [0.15, 0.2) is 5.84 Å². The second-order valence-corrected chi connectivity index (χ2v) is 4.55. The number of hydrogen-bond donors (Lipinski definition) is 2. The SMILES string of the molecule is CN(C(=O)C(C(N)=NO)c1ccccc1)C1CC1. The average molecular weight is 247 g/mol. The standard InChI is InChI=1S/C13H17N3O2/c1-16(10-7-8-10)13(17)11(12(14)15-18)9-5-3-2-4-6-9/h2-6,10-11,18H,7-8H2,1H3,(H2,14,15). The van der Waals surface area contributed by atoms with Crippen molar-refractivity contribution in [3.8, 4) is 0 Å². The molecule has 0 saturated heterocycles. The lowest BCUT2D eigenvalue weighted by Gasteiger charge is -2.23. The number of nitrogens with two attached hydrogens (primary N) is 1. The summed E-state index contributed by atoms with van der Waals surface area (Å²) in [5, 5.41) is 11.8. The molecule has 1 atom stereocenters. The summed E-state index contributed by atoms with van der Waals surface area (Å²) in [5.41, 5.74) is 6.40. The fourth-order valence-corrected chi connectivity index (χ4v) is 1.99. The summed E-state index contributed by atoms with van der Waals surface area (Å²) in [4.78, 5) is 14.1. The van der Waals surface area contributed by atoms with Crippen LogP contribution in [0.5, 0.6) is 0 Å². The van der Waals surface area contributed by atoms with E-state index in [9.17, 15) is 4.79 Å². The van der Waals surface area contributed by atoms with Crippen LogP contribution in [0.15, 0.2) is 35.5 Å². The fourth-order valence-electron chi connectivity index (χ4n) is 1.99. The van der Waals surface area contributed by atoms with Gasteiger partial charge in [0.1, 0.15) is 5.92 Å². The first-order valence-corrected chi connectivity index (χ1v) is 5.94. The maximum Gasteiger partial charge on any atom is 0.237 e. The number of oxime groups is 1. The highest BCUT2D eigenvalue weighted by atomic mass is 16.4. The lowest BCUT2D eigenvalue weighted by Crippen LogP contribution is -2.39. The van der Waals surface area contributed by atoms with E-state index in [4.69, 9.17) is 10.9 Å². The van der Waals surface area contributed by atoms with Crippen LogP contribution in [0.4, 0.5) is 0 Å². The van der Waals surface area contributed by atoms with Crippen LogP contribution < -0.4 is 5.73 Å². The molecule has 2 rings (SSSR count). The molecule has 1 amide bonds. The molecule has 96 valence electrons. The van der Waals surface area contributed by atoms with Gasteiger partial charge in [0.2, 0.25) is 5.91 Å². The molecule has 1 aromatic rings. The first kappa shape index (κ1) is 12.4. The van der Waals surface area contributed by atoms with E-state index in [1.54, 1.807) is 24.1 Å². The molecule has 1 aliphatic rings. The van der Waals surface area contributed by atoms with Crippen molar-refractivity contribution < 1.29 is 10.0 Å². The maximum atomic E-state index is 12.4. The number of nitrogens with zero attached hydrogens (tertiary/aromatic N) is 2. The van der Waals surface area contributed by atoms with Gasteiger partial charge in [0.25, 0.3) is 0 Å². The highest BCUT2D eigenvalue weighted by Gasteiger charge is 2.35. The Bertz CT molecular complexity index is 455. The van der Waals surface area contributed by atoms with Crippen molar-refractivity contribution in [1.82, 2.24) is 4.90 Å². The molecule has 0 spiro atoms. The Hall–Kier alpha value is -2.04. The maximum absolute atomic E-state index is 12.4. The minimum atomic E-state index is -0.707. The predicted octanol–water partition coefficient (Wildman–Crippen LogP) is 1.14. The third-order valence-corrected chi connectivity index (χ3v) is 3.23. The van der Waals surface area contributed by atoms with Crippen molar-refractivity contribution in [2.24, 2.45) is 10.9 Å². The van der Waals surface area contributed by atoms with Crippen LogP contribution >= 0.6 is 0 Å². The van der Waals surface area contributed by atoms with Crippen molar-refractivity contribution >= 4 is 11.7 Å². The van der Waals surface area contributed by atoms with E-state index in [1.807, 2.05) is 18.2 Å². The van der Waals surface area contributed by atoms with Gasteiger partial charge in [-0.05, 0) is 18.4 Å². The molecule has 5 nitrogen and oxygen atoms in total. The second-order valence-electron chi connectivity index (χ2n) is 4.55. The van der Waals surface area contributed by atoms with Crippen LogP contribution in [-0.4, -0.2) is 34.9 Å². The molecule has 1 unspecified atom stereocenters. The molecule has 1 saturated carbocycles. The zero-order chi connectivity index (χ0) is 13.1. The third-order valence-electron chi connectivity index (χ3n) is 3.23. The first-order valence-electron chi connectivity index (χ1n) is 5.94. The molecular formula is C13H17N3O2. The van der Waals surface area contributed by atoms with Crippen molar-refractivity contribution in [1.29, 1.82) is 0 Å². The summed E-state index contributed by atoms with van der Waals surface area (Å²) < 4.78 is 0. The largest absolute Gasteiger partial charge is 0.409 e. The zero-order valence-corrected chi connectivity index (χ0v) is 10.3. The van der Waals surface area contributed by atoms with Gasteiger partial charge in [0, 0.05) is 13.1 Å². The number of carbonyl (C=O) groups is 1. The minimum Gasteiger partial charge on any atom is -0.409 e. The van der Waals surface area contributed by atoms with Crippen molar-refractivity contribution in [3.63, 3.8) is 0 Å². The molecular weight excluding hydrogens is 230 g/mol. The van der Waals surface area contributed by atoms with E-state index in [-0.39, 0.29) is 11.7 Å². The van der Waals surface area contributed by atoms with Crippen LogP contribution in [0.25, 0.3) is 0 Å². The molecule has 0 aliphatic heterocycles. The van der Waals surface area contributed by atoms with Gasteiger partial charge in [-0.2, -0.15) is 0 Å². The van der Waals surface area contributed by atoms with E-state index in [0.717, 1.165) is 18.4 Å². The Balaban J connectivity index is 2.28. The molecule has 0 heterocycles. The lowest BCUT2D eigenvalue weighted by molar-refractivity contribution is -0.130. The van der Waals surface area contributed by atoms with E-state index in [1.165, 1.54) is 0 Å². The smallest absolute Gasteiger partial charge is 0.237 e. The Morgan fingerprint density at radius 1 is 1.44 bits per heavy atom. The number of amides is 1. The van der Waals surface area contributed by atoms with Crippen LogP contribution in [-0.2, 0) is 4.79 Å². The summed E-state index contributed by atoms with van der Waals surface area (Å²) in [7, 11) is 1.76. The molecule has 18 heavy (non-hydrogen) atoms. The average Bonchev–Trinajstić information content (AvgIpc) is 3.23. The Labute approximate surface area is 106 Å². The highest BCUT2D eigenvalue weighted by molar-refractivity contribution is 6.07. The monoisotopic (exact) mass is 247 g/mol. The van der Waals surface area contributed by atoms with Gasteiger partial charge in [0.05, 0.1) is 0 Å². The molecule has 3 N–H and O–H groups in total. The molecule has 1 fully saturated rings. The van der Waals surface area contributed by atoms with Gasteiger partial charge >= 0.3 is 0 Å². The van der Waals surface area contributed by atoms with E-state index in [2.05, 4.69) is 5.16 Å². The molecule has 1 aromatic carbocycles. The fraction of sp³-hybridized carbons (Fsp3) is 0.385. The van der Waals surface area contributed by atoms with Crippen LogP contribution in [0.2, 0.25) is 0 Å². The number of amidine groups is 1. The Morgan fingerprint density at radius 3 is 2.56 bits per heavy atom. The molecule has 1 aliphatic carbocycles. The van der Waals surface area contributed by atoms with Crippen molar-refractivity contribution in [3.05, 3.63) is 35.9 Å². The number of carbonyl (C=O) groups excluding carboxylic acids is 1. The lowest BCUT2D eigenvalue weighted by atomic mass is 9.96. The summed E-state index contributed by atoms with van der Waals surface area (Å²) in [6, 6.07) is 9.44.